The lowest BCUT2D eigenvalue weighted by molar-refractivity contribution is -0.140. The van der Waals surface area contributed by atoms with Gasteiger partial charge in [-0.1, -0.05) is 0 Å². The van der Waals surface area contributed by atoms with Crippen molar-refractivity contribution in [3.63, 3.8) is 0 Å². The number of likely N-dealkylation sites (N-methyl/N-ethyl adjacent to an activating group) is 1. The van der Waals surface area contributed by atoms with E-state index in [9.17, 15) is 9.59 Å². The Labute approximate surface area is 188 Å². The third-order valence-electron chi connectivity index (χ3n) is 5.57. The van der Waals surface area contributed by atoms with Crippen LogP contribution in [0.5, 0.6) is 0 Å². The maximum atomic E-state index is 12.7. The van der Waals surface area contributed by atoms with Crippen LogP contribution in [-0.2, 0) is 16.0 Å². The molecule has 1 atom stereocenters. The van der Waals surface area contributed by atoms with Crippen molar-refractivity contribution >= 4 is 11.9 Å². The standard InChI is InChI=1S/C24H30N4O4/c1-16-20(12-13-23(29)31-5)17(2)28(26-16)19-10-8-18(9-11-19)24(30)25-15-21(27(3)4)22-7-6-14-32-22/h6-11,14,21H,12-13,15H2,1-5H3,(H,25,30). The number of hydrogen-bond acceptors (Lipinski definition) is 6. The van der Waals surface area contributed by atoms with Crippen LogP contribution < -0.4 is 5.32 Å². The van der Waals surface area contributed by atoms with E-state index < -0.39 is 0 Å². The highest BCUT2D eigenvalue weighted by Crippen LogP contribution is 2.21. The second kappa shape index (κ2) is 10.3. The molecule has 1 N–H and O–H groups in total. The summed E-state index contributed by atoms with van der Waals surface area (Å²) in [5, 5.41) is 7.59. The van der Waals surface area contributed by atoms with E-state index in [0.29, 0.717) is 24.9 Å². The summed E-state index contributed by atoms with van der Waals surface area (Å²) in [7, 11) is 5.28. The van der Waals surface area contributed by atoms with Gasteiger partial charge < -0.3 is 14.5 Å². The highest BCUT2D eigenvalue weighted by atomic mass is 16.5. The third kappa shape index (κ3) is 5.26. The molecule has 8 nitrogen and oxygen atoms in total. The van der Waals surface area contributed by atoms with Gasteiger partial charge in [0.2, 0.25) is 0 Å². The van der Waals surface area contributed by atoms with Crippen LogP contribution in [0.4, 0.5) is 0 Å². The van der Waals surface area contributed by atoms with E-state index in [4.69, 9.17) is 9.15 Å². The summed E-state index contributed by atoms with van der Waals surface area (Å²) in [6.45, 7) is 4.34. The quantitative estimate of drug-likeness (QED) is 0.516. The van der Waals surface area contributed by atoms with E-state index in [2.05, 4.69) is 10.4 Å². The van der Waals surface area contributed by atoms with Crippen LogP contribution in [-0.4, -0.2) is 54.3 Å². The molecule has 0 radical (unpaired) electrons. The number of nitrogens with one attached hydrogen (secondary N) is 1. The molecule has 8 heteroatoms. The van der Waals surface area contributed by atoms with E-state index in [1.807, 2.05) is 61.8 Å². The first-order valence-corrected chi connectivity index (χ1v) is 10.5. The maximum absolute atomic E-state index is 12.7. The van der Waals surface area contributed by atoms with E-state index in [-0.39, 0.29) is 17.9 Å². The van der Waals surface area contributed by atoms with Crippen molar-refractivity contribution in [1.82, 2.24) is 20.0 Å². The highest BCUT2D eigenvalue weighted by molar-refractivity contribution is 5.94. The number of carbonyl (C=O) groups excluding carboxylic acids is 2. The average molecular weight is 439 g/mol. The minimum atomic E-state index is -0.240. The number of nitrogens with zero attached hydrogens (tertiary/aromatic N) is 3. The summed E-state index contributed by atoms with van der Waals surface area (Å²) in [5.74, 6) is 0.413. The van der Waals surface area contributed by atoms with Gasteiger partial charge in [-0.25, -0.2) is 4.68 Å². The number of aromatic nitrogens is 2. The monoisotopic (exact) mass is 438 g/mol. The van der Waals surface area contributed by atoms with Gasteiger partial charge in [-0.2, -0.15) is 5.10 Å². The van der Waals surface area contributed by atoms with Gasteiger partial charge >= 0.3 is 5.97 Å². The first-order valence-electron chi connectivity index (χ1n) is 10.5. The highest BCUT2D eigenvalue weighted by Gasteiger charge is 2.19. The van der Waals surface area contributed by atoms with Crippen molar-refractivity contribution < 1.29 is 18.7 Å². The first kappa shape index (κ1) is 23.3. The number of esters is 1. The molecular formula is C24H30N4O4. The Morgan fingerprint density at radius 2 is 1.91 bits per heavy atom. The van der Waals surface area contributed by atoms with Gasteiger partial charge in [-0.15, -0.1) is 0 Å². The van der Waals surface area contributed by atoms with Crippen LogP contribution in [0, 0.1) is 13.8 Å². The fourth-order valence-electron chi connectivity index (χ4n) is 3.68. The Kier molecular flexibility index (Phi) is 7.48. The summed E-state index contributed by atoms with van der Waals surface area (Å²) in [4.78, 5) is 26.2. The number of ether oxygens (including phenoxy) is 1. The van der Waals surface area contributed by atoms with Crippen LogP contribution in [0.1, 0.15) is 45.5 Å². The molecule has 0 aliphatic rings. The maximum Gasteiger partial charge on any atom is 0.305 e. The smallest absolute Gasteiger partial charge is 0.305 e. The van der Waals surface area contributed by atoms with Crippen LogP contribution >= 0.6 is 0 Å². The summed E-state index contributed by atoms with van der Waals surface area (Å²) >= 11 is 0. The van der Waals surface area contributed by atoms with Crippen molar-refractivity contribution in [2.75, 3.05) is 27.7 Å². The lowest BCUT2D eigenvalue weighted by Crippen LogP contribution is -2.34. The Balaban J connectivity index is 1.68. The molecule has 0 aliphatic heterocycles. The Bertz CT molecular complexity index is 1050. The van der Waals surface area contributed by atoms with Gasteiger partial charge in [0.05, 0.1) is 30.8 Å². The minimum Gasteiger partial charge on any atom is -0.469 e. The average Bonchev–Trinajstić information content (AvgIpc) is 3.40. The molecular weight excluding hydrogens is 408 g/mol. The van der Waals surface area contributed by atoms with Gasteiger partial charge in [0.15, 0.2) is 0 Å². The molecule has 1 aromatic carbocycles. The molecule has 0 fully saturated rings. The zero-order valence-electron chi connectivity index (χ0n) is 19.2. The number of carbonyl (C=O) groups is 2. The molecule has 0 spiro atoms. The molecule has 170 valence electrons. The number of aryl methyl sites for hydroxylation is 1. The number of furan rings is 1. The molecule has 32 heavy (non-hydrogen) atoms. The van der Waals surface area contributed by atoms with Crippen LogP contribution in [0.3, 0.4) is 0 Å². The molecule has 1 unspecified atom stereocenters. The van der Waals surface area contributed by atoms with Gasteiger partial charge in [0.1, 0.15) is 5.76 Å². The summed E-state index contributed by atoms with van der Waals surface area (Å²) in [5.41, 5.74) is 4.30. The predicted octanol–water partition coefficient (Wildman–Crippen LogP) is 3.22. The van der Waals surface area contributed by atoms with Crippen LogP contribution in [0.2, 0.25) is 0 Å². The van der Waals surface area contributed by atoms with Gasteiger partial charge in [0.25, 0.3) is 5.91 Å². The SMILES string of the molecule is COC(=O)CCc1c(C)nn(-c2ccc(C(=O)NCC(c3ccco3)N(C)C)cc2)c1C. The topological polar surface area (TPSA) is 89.6 Å². The third-order valence-corrected chi connectivity index (χ3v) is 5.57. The Morgan fingerprint density at radius 3 is 2.50 bits per heavy atom. The molecule has 0 saturated heterocycles. The second-order valence-electron chi connectivity index (χ2n) is 7.89. The van der Waals surface area contributed by atoms with Crippen LogP contribution in [0.25, 0.3) is 5.69 Å². The molecule has 2 aromatic heterocycles. The van der Waals surface area contributed by atoms with E-state index in [0.717, 1.165) is 28.4 Å². The van der Waals surface area contributed by atoms with Crippen LogP contribution in [0.15, 0.2) is 47.1 Å². The summed E-state index contributed by atoms with van der Waals surface area (Å²) < 4.78 is 12.1. The van der Waals surface area contributed by atoms with Crippen molar-refractivity contribution in [1.29, 1.82) is 0 Å². The molecule has 2 heterocycles. The van der Waals surface area contributed by atoms with Gasteiger partial charge in [-0.3, -0.25) is 14.5 Å². The van der Waals surface area contributed by atoms with E-state index in [1.54, 1.807) is 18.4 Å². The summed E-state index contributed by atoms with van der Waals surface area (Å²) in [6, 6.07) is 11.0. The number of methoxy groups -OCH3 is 1. The van der Waals surface area contributed by atoms with Gasteiger partial charge in [-0.05, 0) is 76.3 Å². The van der Waals surface area contributed by atoms with Gasteiger partial charge in [0, 0.05) is 24.2 Å². The number of amides is 1. The van der Waals surface area contributed by atoms with E-state index in [1.165, 1.54) is 7.11 Å². The normalized spacial score (nSPS) is 12.1. The summed E-state index contributed by atoms with van der Waals surface area (Å²) in [6.07, 6.45) is 2.52. The lowest BCUT2D eigenvalue weighted by Gasteiger charge is -2.22. The minimum absolute atomic E-state index is 0.0497. The fourth-order valence-corrected chi connectivity index (χ4v) is 3.68. The largest absolute Gasteiger partial charge is 0.469 e. The molecule has 0 aliphatic carbocycles. The van der Waals surface area contributed by atoms with Crippen molar-refractivity contribution in [2.45, 2.75) is 32.7 Å². The molecule has 3 rings (SSSR count). The number of hydrogen-bond donors (Lipinski definition) is 1. The van der Waals surface area contributed by atoms with Crippen molar-refractivity contribution in [3.05, 3.63) is 70.9 Å². The number of benzene rings is 1. The van der Waals surface area contributed by atoms with E-state index >= 15 is 0 Å². The zero-order chi connectivity index (χ0) is 23.3. The molecule has 0 saturated carbocycles. The van der Waals surface area contributed by atoms with Crippen molar-refractivity contribution in [2.24, 2.45) is 0 Å². The Morgan fingerprint density at radius 1 is 1.19 bits per heavy atom. The Hall–Kier alpha value is -3.39. The zero-order valence-corrected chi connectivity index (χ0v) is 19.2. The fraction of sp³-hybridized carbons (Fsp3) is 0.375. The van der Waals surface area contributed by atoms with Crippen molar-refractivity contribution in [3.8, 4) is 5.69 Å². The molecule has 0 bridgehead atoms. The number of rotatable bonds is 9. The second-order valence-corrected chi connectivity index (χ2v) is 7.89. The first-order chi connectivity index (χ1) is 15.3. The molecule has 1 amide bonds. The molecule has 3 aromatic rings. The predicted molar refractivity (Wildman–Crippen MR) is 121 cm³/mol. The lowest BCUT2D eigenvalue weighted by atomic mass is 10.1.